The van der Waals surface area contributed by atoms with E-state index in [1.165, 1.54) is 12.1 Å². The molecule has 0 fully saturated rings. The molecule has 1 unspecified atom stereocenters. The van der Waals surface area contributed by atoms with Gasteiger partial charge in [-0.15, -0.1) is 24.0 Å². The Balaban J connectivity index is 0.00000392. The lowest BCUT2D eigenvalue weighted by Gasteiger charge is -2.18. The zero-order valence-corrected chi connectivity index (χ0v) is 18.6. The van der Waals surface area contributed by atoms with Gasteiger partial charge in [-0.05, 0) is 42.8 Å². The van der Waals surface area contributed by atoms with Gasteiger partial charge in [0.05, 0.1) is 26.9 Å². The topological polar surface area (TPSA) is 75.1 Å². The number of methoxy groups -OCH3 is 2. The number of aliphatic imine (C=N–C) groups is 1. The summed E-state index contributed by atoms with van der Waals surface area (Å²) in [5.74, 6) is 1.51. The second kappa shape index (κ2) is 12.4. The van der Waals surface area contributed by atoms with E-state index in [9.17, 15) is 9.50 Å². The normalized spacial score (nSPS) is 12.0. The van der Waals surface area contributed by atoms with Crippen molar-refractivity contribution in [3.63, 3.8) is 0 Å². The zero-order valence-electron chi connectivity index (χ0n) is 16.2. The van der Waals surface area contributed by atoms with Crippen LogP contribution in [0.3, 0.4) is 0 Å². The highest BCUT2D eigenvalue weighted by atomic mass is 127. The second-order valence-electron chi connectivity index (χ2n) is 5.83. The number of hydrogen-bond acceptors (Lipinski definition) is 4. The van der Waals surface area contributed by atoms with Crippen molar-refractivity contribution in [2.45, 2.75) is 19.6 Å². The maximum Gasteiger partial charge on any atom is 0.191 e. The molecule has 0 amide bonds. The van der Waals surface area contributed by atoms with Gasteiger partial charge in [0, 0.05) is 18.7 Å². The molecule has 0 spiro atoms. The molecule has 0 aliphatic rings. The summed E-state index contributed by atoms with van der Waals surface area (Å²) in [7, 11) is 3.13. The van der Waals surface area contributed by atoms with Crippen LogP contribution in [0.15, 0.2) is 47.5 Å². The van der Waals surface area contributed by atoms with Gasteiger partial charge in [0.1, 0.15) is 17.3 Å². The Morgan fingerprint density at radius 2 is 1.82 bits per heavy atom. The van der Waals surface area contributed by atoms with Crippen molar-refractivity contribution < 1.29 is 19.0 Å². The summed E-state index contributed by atoms with van der Waals surface area (Å²) in [5.41, 5.74) is 1.52. The maximum absolute atomic E-state index is 13.0. The number of guanidine groups is 1. The molecule has 0 saturated carbocycles. The molecule has 8 heteroatoms. The molecule has 0 radical (unpaired) electrons. The first-order valence-electron chi connectivity index (χ1n) is 8.74. The molecule has 2 aromatic carbocycles. The van der Waals surface area contributed by atoms with E-state index in [1.54, 1.807) is 44.6 Å². The number of nitrogens with one attached hydrogen (secondary N) is 2. The molecule has 2 rings (SSSR count). The average molecular weight is 503 g/mol. The Morgan fingerprint density at radius 1 is 1.11 bits per heavy atom. The standard InChI is InChI=1S/C20H26FN3O3.HI/c1-4-22-20(23-12-14-5-7-15(21)8-6-14)24-13-18(25)17-11-16(26-2)9-10-19(17)27-3;/h5-11,18,25H,4,12-13H2,1-3H3,(H2,22,23,24);1H. The van der Waals surface area contributed by atoms with Crippen LogP contribution in [0.2, 0.25) is 0 Å². The molecular formula is C20H27FIN3O3. The molecule has 154 valence electrons. The van der Waals surface area contributed by atoms with Gasteiger partial charge in [0.15, 0.2) is 5.96 Å². The molecule has 6 nitrogen and oxygen atoms in total. The van der Waals surface area contributed by atoms with Crippen LogP contribution in [0.5, 0.6) is 11.5 Å². The molecule has 0 saturated heterocycles. The minimum atomic E-state index is -0.815. The minimum absolute atomic E-state index is 0. The van der Waals surface area contributed by atoms with Gasteiger partial charge in [-0.2, -0.15) is 0 Å². The van der Waals surface area contributed by atoms with Crippen LogP contribution in [0.4, 0.5) is 4.39 Å². The van der Waals surface area contributed by atoms with Crippen LogP contribution in [-0.4, -0.2) is 38.4 Å². The summed E-state index contributed by atoms with van der Waals surface area (Å²) >= 11 is 0. The van der Waals surface area contributed by atoms with Crippen molar-refractivity contribution in [2.24, 2.45) is 4.99 Å². The number of rotatable bonds is 8. The number of nitrogens with zero attached hydrogens (tertiary/aromatic N) is 1. The summed E-state index contributed by atoms with van der Waals surface area (Å²) < 4.78 is 23.5. The van der Waals surface area contributed by atoms with Crippen LogP contribution in [0, 0.1) is 5.82 Å². The van der Waals surface area contributed by atoms with Gasteiger partial charge in [-0.25, -0.2) is 9.38 Å². The summed E-state index contributed by atoms with van der Waals surface area (Å²) in [5, 5.41) is 16.8. The average Bonchev–Trinajstić information content (AvgIpc) is 2.70. The third-order valence-electron chi connectivity index (χ3n) is 3.94. The monoisotopic (exact) mass is 503 g/mol. The Kier molecular flexibility index (Phi) is 10.6. The first-order valence-corrected chi connectivity index (χ1v) is 8.74. The van der Waals surface area contributed by atoms with E-state index in [4.69, 9.17) is 9.47 Å². The van der Waals surface area contributed by atoms with Crippen LogP contribution >= 0.6 is 24.0 Å². The Morgan fingerprint density at radius 3 is 2.43 bits per heavy atom. The second-order valence-corrected chi connectivity index (χ2v) is 5.83. The van der Waals surface area contributed by atoms with Crippen molar-refractivity contribution in [1.29, 1.82) is 0 Å². The number of ether oxygens (including phenoxy) is 2. The molecule has 0 aromatic heterocycles. The number of halogens is 2. The lowest BCUT2D eigenvalue weighted by Crippen LogP contribution is -2.39. The number of aliphatic hydroxyl groups is 1. The van der Waals surface area contributed by atoms with Crippen molar-refractivity contribution in [3.8, 4) is 11.5 Å². The van der Waals surface area contributed by atoms with E-state index < -0.39 is 6.10 Å². The number of hydrogen-bond donors (Lipinski definition) is 3. The third-order valence-corrected chi connectivity index (χ3v) is 3.94. The van der Waals surface area contributed by atoms with Crippen molar-refractivity contribution in [2.75, 3.05) is 27.3 Å². The van der Waals surface area contributed by atoms with Crippen molar-refractivity contribution in [3.05, 3.63) is 59.4 Å². The van der Waals surface area contributed by atoms with Gasteiger partial charge in [0.25, 0.3) is 0 Å². The largest absolute Gasteiger partial charge is 0.497 e. The predicted molar refractivity (Wildman–Crippen MR) is 119 cm³/mol. The molecule has 3 N–H and O–H groups in total. The molecule has 0 bridgehead atoms. The van der Waals surface area contributed by atoms with Gasteiger partial charge >= 0.3 is 0 Å². The molecule has 28 heavy (non-hydrogen) atoms. The molecular weight excluding hydrogens is 476 g/mol. The minimum Gasteiger partial charge on any atom is -0.497 e. The van der Waals surface area contributed by atoms with Crippen LogP contribution in [-0.2, 0) is 6.54 Å². The third kappa shape index (κ3) is 7.16. The van der Waals surface area contributed by atoms with Gasteiger partial charge < -0.3 is 25.2 Å². The highest BCUT2D eigenvalue weighted by Crippen LogP contribution is 2.29. The molecule has 0 aliphatic carbocycles. The number of benzene rings is 2. The van der Waals surface area contributed by atoms with E-state index in [1.807, 2.05) is 6.92 Å². The summed E-state index contributed by atoms with van der Waals surface area (Å²) in [4.78, 5) is 4.46. The van der Waals surface area contributed by atoms with Crippen LogP contribution in [0.25, 0.3) is 0 Å². The summed E-state index contributed by atoms with van der Waals surface area (Å²) in [6.45, 7) is 3.26. The van der Waals surface area contributed by atoms with E-state index in [-0.39, 0.29) is 36.3 Å². The quantitative estimate of drug-likeness (QED) is 0.293. The Hall–Kier alpha value is -2.07. The Labute approximate surface area is 182 Å². The smallest absolute Gasteiger partial charge is 0.191 e. The van der Waals surface area contributed by atoms with E-state index in [2.05, 4.69) is 15.6 Å². The SMILES string of the molecule is CCNC(=NCc1ccc(F)cc1)NCC(O)c1cc(OC)ccc1OC.I. The van der Waals surface area contributed by atoms with Gasteiger partial charge in [0.2, 0.25) is 0 Å². The van der Waals surface area contributed by atoms with E-state index in [0.29, 0.717) is 36.1 Å². The van der Waals surface area contributed by atoms with E-state index in [0.717, 1.165) is 5.56 Å². The molecule has 0 aliphatic heterocycles. The Bertz CT molecular complexity index is 757. The van der Waals surface area contributed by atoms with E-state index >= 15 is 0 Å². The van der Waals surface area contributed by atoms with Crippen molar-refractivity contribution in [1.82, 2.24) is 10.6 Å². The highest BCUT2D eigenvalue weighted by Gasteiger charge is 2.15. The lowest BCUT2D eigenvalue weighted by molar-refractivity contribution is 0.176. The summed E-state index contributed by atoms with van der Waals surface area (Å²) in [6.07, 6.45) is -0.815. The van der Waals surface area contributed by atoms with Crippen LogP contribution < -0.4 is 20.1 Å². The van der Waals surface area contributed by atoms with Crippen LogP contribution in [0.1, 0.15) is 24.2 Å². The fourth-order valence-corrected chi connectivity index (χ4v) is 2.51. The predicted octanol–water partition coefficient (Wildman–Crippen LogP) is 3.25. The highest BCUT2D eigenvalue weighted by molar-refractivity contribution is 14.0. The molecule has 2 aromatic rings. The zero-order chi connectivity index (χ0) is 19.6. The van der Waals surface area contributed by atoms with Gasteiger partial charge in [-0.1, -0.05) is 12.1 Å². The first-order chi connectivity index (χ1) is 13.1. The first kappa shape index (κ1) is 24.0. The molecule has 0 heterocycles. The fourth-order valence-electron chi connectivity index (χ4n) is 2.51. The van der Waals surface area contributed by atoms with Crippen molar-refractivity contribution >= 4 is 29.9 Å². The van der Waals surface area contributed by atoms with Gasteiger partial charge in [-0.3, -0.25) is 0 Å². The molecule has 1 atom stereocenters. The number of aliphatic hydroxyl groups excluding tert-OH is 1. The fraction of sp³-hybridized carbons (Fsp3) is 0.350. The lowest BCUT2D eigenvalue weighted by atomic mass is 10.1. The summed E-state index contributed by atoms with van der Waals surface area (Å²) in [6, 6.07) is 11.5. The maximum atomic E-state index is 13.0.